The molecule has 0 amide bonds. The van der Waals surface area contributed by atoms with E-state index in [-0.39, 0.29) is 0 Å². The van der Waals surface area contributed by atoms with Gasteiger partial charge in [0.25, 0.3) is 0 Å². The second-order valence-corrected chi connectivity index (χ2v) is 8.11. The summed E-state index contributed by atoms with van der Waals surface area (Å²) in [5, 5.41) is 2.02. The molecule has 31 heavy (non-hydrogen) atoms. The van der Waals surface area contributed by atoms with Crippen LogP contribution < -0.4 is 4.99 Å². The van der Waals surface area contributed by atoms with Crippen molar-refractivity contribution in [1.82, 2.24) is 4.98 Å². The molecule has 154 valence electrons. The van der Waals surface area contributed by atoms with Gasteiger partial charge >= 0.3 is 6.18 Å². The number of nitrogens with one attached hydrogen (secondary N) is 2. The van der Waals surface area contributed by atoms with Crippen LogP contribution in [0.15, 0.2) is 66.9 Å². The minimum absolute atomic E-state index is 0.571. The largest absolute Gasteiger partial charge is 0.416 e. The number of alkyl halides is 3. The quantitative estimate of drug-likeness (QED) is 0.356. The zero-order valence-electron chi connectivity index (χ0n) is 15.8. The van der Waals surface area contributed by atoms with Crippen LogP contribution in [0.4, 0.5) is 18.9 Å². The Kier molecular flexibility index (Phi) is 4.68. The third-order valence-corrected chi connectivity index (χ3v) is 5.80. The molecule has 1 aromatic heterocycles. The van der Waals surface area contributed by atoms with Crippen LogP contribution in [-0.4, -0.2) is 11.2 Å². The van der Waals surface area contributed by atoms with E-state index in [1.807, 2.05) is 36.7 Å². The highest BCUT2D eigenvalue weighted by molar-refractivity contribution is 6.32. The normalized spacial score (nSPS) is 14.9. The molecule has 2 nitrogen and oxygen atoms in total. The van der Waals surface area contributed by atoms with Gasteiger partial charge < -0.3 is 4.98 Å². The smallest absolute Gasteiger partial charge is 0.361 e. The van der Waals surface area contributed by atoms with Crippen molar-refractivity contribution in [2.75, 3.05) is 0 Å². The van der Waals surface area contributed by atoms with Crippen molar-refractivity contribution in [2.45, 2.75) is 6.18 Å². The highest BCUT2D eigenvalue weighted by Gasteiger charge is 2.31. The van der Waals surface area contributed by atoms with E-state index in [4.69, 9.17) is 23.2 Å². The minimum Gasteiger partial charge on any atom is -0.361 e. The fourth-order valence-electron chi connectivity index (χ4n) is 3.88. The van der Waals surface area contributed by atoms with E-state index in [1.54, 1.807) is 12.1 Å². The first-order valence-electron chi connectivity index (χ1n) is 9.40. The Bertz CT molecular complexity index is 1380. The number of aromatic nitrogens is 1. The van der Waals surface area contributed by atoms with Crippen molar-refractivity contribution in [3.63, 3.8) is 0 Å². The summed E-state index contributed by atoms with van der Waals surface area (Å²) in [6, 6.07) is 16.2. The van der Waals surface area contributed by atoms with Crippen molar-refractivity contribution in [3.05, 3.63) is 99.2 Å². The standard InChI is InChI=1S/C24H13Cl2F3N2/c25-15-5-7-21-17(9-15)19(11-30-21)23(13-1-3-14(4-2-13)24(27,28)29)20-12-31-22-8-6-16(26)10-18(20)22/h1-12,30H/p+1/b23-20+. The van der Waals surface area contributed by atoms with Crippen molar-refractivity contribution in [2.24, 2.45) is 0 Å². The number of aromatic amines is 1. The van der Waals surface area contributed by atoms with Gasteiger partial charge in [-0.2, -0.15) is 13.2 Å². The Morgan fingerprint density at radius 3 is 2.32 bits per heavy atom. The Balaban J connectivity index is 1.80. The highest BCUT2D eigenvalue weighted by Crippen LogP contribution is 2.39. The monoisotopic (exact) mass is 457 g/mol. The van der Waals surface area contributed by atoms with Crippen molar-refractivity contribution in [1.29, 1.82) is 0 Å². The first-order chi connectivity index (χ1) is 14.8. The van der Waals surface area contributed by atoms with E-state index in [0.29, 0.717) is 15.6 Å². The second kappa shape index (κ2) is 7.29. The van der Waals surface area contributed by atoms with Gasteiger partial charge in [-0.25, -0.2) is 4.99 Å². The summed E-state index contributed by atoms with van der Waals surface area (Å²) in [5.41, 5.74) is 5.02. The van der Waals surface area contributed by atoms with Gasteiger partial charge in [-0.05, 0) is 48.0 Å². The molecule has 5 rings (SSSR count). The lowest BCUT2D eigenvalue weighted by Gasteiger charge is -2.12. The molecular formula is C24H14Cl2F3N2+. The van der Waals surface area contributed by atoms with Gasteiger partial charge in [0.2, 0.25) is 5.69 Å². The van der Waals surface area contributed by atoms with Gasteiger partial charge in [0, 0.05) is 44.3 Å². The fourth-order valence-corrected chi connectivity index (χ4v) is 4.23. The Hall–Kier alpha value is -3.02. The summed E-state index contributed by atoms with van der Waals surface area (Å²) >= 11 is 12.5. The van der Waals surface area contributed by atoms with Crippen molar-refractivity contribution < 1.29 is 18.2 Å². The maximum absolute atomic E-state index is 13.1. The molecule has 0 spiro atoms. The van der Waals surface area contributed by atoms with E-state index < -0.39 is 11.7 Å². The summed E-state index contributed by atoms with van der Waals surface area (Å²) in [6.45, 7) is 0. The number of hydrogen-bond donors (Lipinski definition) is 2. The van der Waals surface area contributed by atoms with E-state index in [1.165, 1.54) is 12.1 Å². The fraction of sp³-hybridized carbons (Fsp3) is 0.0417. The molecular weight excluding hydrogens is 444 g/mol. The summed E-state index contributed by atoms with van der Waals surface area (Å²) < 4.78 is 39.4. The van der Waals surface area contributed by atoms with Gasteiger partial charge in [-0.1, -0.05) is 35.3 Å². The van der Waals surface area contributed by atoms with E-state index >= 15 is 0 Å². The van der Waals surface area contributed by atoms with Crippen LogP contribution in [0, 0.1) is 0 Å². The van der Waals surface area contributed by atoms with E-state index in [9.17, 15) is 13.2 Å². The van der Waals surface area contributed by atoms with Crippen LogP contribution in [0.5, 0.6) is 0 Å². The Labute approximate surface area is 185 Å². The van der Waals surface area contributed by atoms with Crippen LogP contribution in [0.2, 0.25) is 10.0 Å². The molecule has 7 heteroatoms. The topological polar surface area (TPSA) is 29.8 Å². The maximum Gasteiger partial charge on any atom is 0.416 e. The zero-order chi connectivity index (χ0) is 21.8. The van der Waals surface area contributed by atoms with E-state index in [2.05, 4.69) is 9.98 Å². The minimum atomic E-state index is -4.40. The predicted octanol–water partition coefficient (Wildman–Crippen LogP) is 6.25. The molecule has 2 heterocycles. The Morgan fingerprint density at radius 2 is 1.58 bits per heavy atom. The highest BCUT2D eigenvalue weighted by atomic mass is 35.5. The Morgan fingerprint density at radius 1 is 0.871 bits per heavy atom. The summed E-state index contributed by atoms with van der Waals surface area (Å²) in [4.78, 5) is 6.45. The molecule has 1 aliphatic heterocycles. The molecule has 0 bridgehead atoms. The predicted molar refractivity (Wildman–Crippen MR) is 119 cm³/mol. The number of rotatable bonds is 2. The number of benzene rings is 3. The van der Waals surface area contributed by atoms with Crippen LogP contribution in [0.3, 0.4) is 0 Å². The lowest BCUT2D eigenvalue weighted by atomic mass is 9.89. The first-order valence-corrected chi connectivity index (χ1v) is 10.2. The summed E-state index contributed by atoms with van der Waals surface area (Å²) in [6.07, 6.45) is -0.712. The van der Waals surface area contributed by atoms with Gasteiger partial charge in [-0.15, -0.1) is 0 Å². The van der Waals surface area contributed by atoms with Crippen LogP contribution in [-0.2, 0) is 6.18 Å². The zero-order valence-corrected chi connectivity index (χ0v) is 17.3. The molecule has 0 saturated carbocycles. The molecule has 3 aromatic carbocycles. The van der Waals surface area contributed by atoms with Gasteiger partial charge in [-0.3, -0.25) is 0 Å². The lowest BCUT2D eigenvalue weighted by Crippen LogP contribution is -2.58. The molecule has 1 aliphatic rings. The number of fused-ring (bicyclic) bond motifs is 2. The molecule has 0 radical (unpaired) electrons. The van der Waals surface area contributed by atoms with Crippen LogP contribution in [0.1, 0.15) is 22.3 Å². The second-order valence-electron chi connectivity index (χ2n) is 7.23. The van der Waals surface area contributed by atoms with Crippen LogP contribution >= 0.6 is 23.2 Å². The van der Waals surface area contributed by atoms with E-state index in [0.717, 1.165) is 51.0 Å². The number of allylic oxidation sites excluding steroid dienone is 1. The average molecular weight is 458 g/mol. The van der Waals surface area contributed by atoms with Crippen molar-refractivity contribution in [3.8, 4) is 0 Å². The molecule has 0 fully saturated rings. The maximum atomic E-state index is 13.1. The third kappa shape index (κ3) is 3.54. The van der Waals surface area contributed by atoms with Gasteiger partial charge in [0.05, 0.1) is 16.7 Å². The number of halogens is 5. The number of H-pyrrole nitrogens is 1. The third-order valence-electron chi connectivity index (χ3n) is 5.33. The van der Waals surface area contributed by atoms with Gasteiger partial charge in [0.15, 0.2) is 6.21 Å². The lowest BCUT2D eigenvalue weighted by molar-refractivity contribution is -0.342. The van der Waals surface area contributed by atoms with Crippen LogP contribution in [0.25, 0.3) is 22.0 Å². The molecule has 0 aliphatic carbocycles. The molecule has 0 saturated heterocycles. The SMILES string of the molecule is FC(F)(F)c1ccc(/C(=C2/C=[NH+]c3ccc(Cl)cc32)c2c[nH]c3ccc(Cl)cc23)cc1. The summed E-state index contributed by atoms with van der Waals surface area (Å²) in [7, 11) is 0. The first kappa shape index (κ1) is 19.9. The van der Waals surface area contributed by atoms with Gasteiger partial charge in [0.1, 0.15) is 0 Å². The molecule has 2 N–H and O–H groups in total. The average Bonchev–Trinajstić information content (AvgIpc) is 3.33. The molecule has 4 aromatic rings. The molecule has 0 unspecified atom stereocenters. The van der Waals surface area contributed by atoms with Crippen molar-refractivity contribution >= 4 is 57.2 Å². The molecule has 0 atom stereocenters. The summed E-state index contributed by atoms with van der Waals surface area (Å²) in [5.74, 6) is 0. The number of hydrogen-bond acceptors (Lipinski definition) is 0.